The minimum atomic E-state index is -0.311. The Balaban J connectivity index is 0.000000113. The Morgan fingerprint density at radius 3 is 1.24 bits per heavy atom. The first-order valence-electron chi connectivity index (χ1n) is 31.3. The molecule has 8 nitrogen and oxygen atoms in total. The zero-order chi connectivity index (χ0) is 63.2. The molecular weight excluding hydrogens is 1220 g/mol. The van der Waals surface area contributed by atoms with Crippen molar-refractivity contribution in [2.75, 3.05) is 0 Å². The predicted octanol–water partition coefficient (Wildman–Crippen LogP) is 22.8. The number of para-hydroxylation sites is 2. The van der Waals surface area contributed by atoms with E-state index in [9.17, 15) is 0 Å². The van der Waals surface area contributed by atoms with Gasteiger partial charge in [0.25, 0.3) is 0 Å². The number of hydrogen-bond donors (Lipinski definition) is 0. The van der Waals surface area contributed by atoms with Gasteiger partial charge in [-0.2, -0.15) is 0 Å². The van der Waals surface area contributed by atoms with Crippen LogP contribution in [-0.2, 0) is 9.31 Å². The molecule has 94 heavy (non-hydrogen) atoms. The molecule has 0 amide bonds. The number of halogens is 1. The number of thiophene rings is 2. The summed E-state index contributed by atoms with van der Waals surface area (Å²) in [6.07, 6.45) is 0. The fourth-order valence-electron chi connectivity index (χ4n) is 12.8. The van der Waals surface area contributed by atoms with Crippen LogP contribution in [0.3, 0.4) is 0 Å². The van der Waals surface area contributed by atoms with Crippen LogP contribution in [0.25, 0.3) is 162 Å². The van der Waals surface area contributed by atoms with Crippen LogP contribution < -0.4 is 5.46 Å². The van der Waals surface area contributed by atoms with Gasteiger partial charge < -0.3 is 18.1 Å². The molecule has 6 aromatic heterocycles. The van der Waals surface area contributed by atoms with Crippen molar-refractivity contribution in [3.63, 3.8) is 0 Å². The van der Waals surface area contributed by atoms with Gasteiger partial charge >= 0.3 is 7.12 Å². The first-order valence-corrected chi connectivity index (χ1v) is 33.3. The normalized spacial score (nSPS) is 13.6. The van der Waals surface area contributed by atoms with Crippen molar-refractivity contribution in [1.29, 1.82) is 0 Å². The van der Waals surface area contributed by atoms with Crippen LogP contribution in [0.2, 0.25) is 5.28 Å². The number of fused-ring (bicyclic) bond motifs is 14. The molecule has 19 rings (SSSR count). The summed E-state index contributed by atoms with van der Waals surface area (Å²) >= 11 is 9.70. The second kappa shape index (κ2) is 23.0. The van der Waals surface area contributed by atoms with Crippen LogP contribution >= 0.6 is 34.3 Å². The van der Waals surface area contributed by atoms with Gasteiger partial charge in [-0.25, -0.2) is 19.9 Å². The second-order valence-corrected chi connectivity index (χ2v) is 27.3. The molecule has 0 N–H and O–H groups in total. The lowest BCUT2D eigenvalue weighted by atomic mass is 9.78. The standard InChI is InChI=1S/C38H22N2OS.C22H23BO2.C22H11ClN2OS/c1-2-8-26-21-27(18-15-23(26)7-1)24-13-16-25(17-14-24)38-39-35(37-36(40-38)31-10-4-6-12-34(31)42-37)28-19-20-30-29-9-3-5-11-32(29)41-33(30)22-28;1-21(2)22(3,4)25-23(24-21)20-13-11-17(12-14-20)19-10-9-16-7-5-6-8-18(16)15-19;23-22-24-19(21-20(25-22)15-6-2-4-8-18(15)27-21)12-9-10-14-13-5-1-3-7-16(13)26-17(14)11-12/h1-22H;5-15H,1-4H3;1-11H. The molecule has 0 atom stereocenters. The maximum absolute atomic E-state index is 6.27. The smallest absolute Gasteiger partial charge is 0.456 e. The van der Waals surface area contributed by atoms with Crippen molar-refractivity contribution in [2.24, 2.45) is 0 Å². The highest BCUT2D eigenvalue weighted by Gasteiger charge is 2.51. The maximum atomic E-state index is 6.27. The van der Waals surface area contributed by atoms with Crippen LogP contribution in [0.4, 0.5) is 0 Å². The molecule has 0 unspecified atom stereocenters. The van der Waals surface area contributed by atoms with E-state index in [1.807, 2.05) is 54.6 Å². The molecule has 0 radical (unpaired) electrons. The minimum absolute atomic E-state index is 0.255. The average molecular weight is 1270 g/mol. The van der Waals surface area contributed by atoms with Gasteiger partial charge in [0.2, 0.25) is 5.28 Å². The molecule has 12 aromatic carbocycles. The van der Waals surface area contributed by atoms with E-state index in [-0.39, 0.29) is 23.6 Å². The first-order chi connectivity index (χ1) is 45.9. The number of hydrogen-bond acceptors (Lipinski definition) is 10. The molecule has 1 fully saturated rings. The van der Waals surface area contributed by atoms with Gasteiger partial charge in [-0.05, 0) is 149 Å². The van der Waals surface area contributed by atoms with Crippen molar-refractivity contribution < 1.29 is 18.1 Å². The average Bonchev–Trinajstić information content (AvgIpc) is 1.58. The molecule has 0 bridgehead atoms. The maximum Gasteiger partial charge on any atom is 0.494 e. The fraction of sp³-hybridized carbons (Fsp3) is 0.0732. The lowest BCUT2D eigenvalue weighted by Crippen LogP contribution is -2.41. The third-order valence-electron chi connectivity index (χ3n) is 18.5. The Morgan fingerprint density at radius 2 is 0.723 bits per heavy atom. The van der Waals surface area contributed by atoms with Gasteiger partial charge in [-0.3, -0.25) is 0 Å². The summed E-state index contributed by atoms with van der Waals surface area (Å²) in [5.74, 6) is 0.718. The molecule has 0 spiro atoms. The first kappa shape index (κ1) is 57.5. The third-order valence-corrected chi connectivity index (χ3v) is 21.0. The molecule has 1 aliphatic heterocycles. The summed E-state index contributed by atoms with van der Waals surface area (Å²) in [7, 11) is -0.310. The van der Waals surface area contributed by atoms with Gasteiger partial charge in [0.05, 0.1) is 43.0 Å². The molecule has 0 aliphatic carbocycles. The summed E-state index contributed by atoms with van der Waals surface area (Å²) in [6.45, 7) is 8.32. The topological polar surface area (TPSA) is 96.3 Å². The Bertz CT molecular complexity index is 5980. The number of benzene rings is 12. The van der Waals surface area contributed by atoms with E-state index in [1.54, 1.807) is 22.7 Å². The summed E-state index contributed by atoms with van der Waals surface area (Å²) in [5, 5.41) is 12.0. The highest BCUT2D eigenvalue weighted by Crippen LogP contribution is 2.44. The Hall–Kier alpha value is -10.4. The second-order valence-electron chi connectivity index (χ2n) is 24.8. The number of nitrogens with zero attached hydrogens (tertiary/aromatic N) is 4. The minimum Gasteiger partial charge on any atom is -0.456 e. The van der Waals surface area contributed by atoms with E-state index < -0.39 is 0 Å². The molecule has 450 valence electrons. The van der Waals surface area contributed by atoms with Crippen molar-refractivity contribution >= 4 is 153 Å². The lowest BCUT2D eigenvalue weighted by molar-refractivity contribution is 0.00578. The fourth-order valence-corrected chi connectivity index (χ4v) is 15.3. The highest BCUT2D eigenvalue weighted by molar-refractivity contribution is 7.26. The molecule has 1 saturated heterocycles. The van der Waals surface area contributed by atoms with E-state index in [2.05, 4.69) is 250 Å². The summed E-state index contributed by atoms with van der Waals surface area (Å²) in [6, 6.07) is 92.8. The zero-order valence-corrected chi connectivity index (χ0v) is 54.0. The van der Waals surface area contributed by atoms with Crippen LogP contribution in [0.5, 0.6) is 0 Å². The van der Waals surface area contributed by atoms with E-state index in [1.165, 1.54) is 53.2 Å². The summed E-state index contributed by atoms with van der Waals surface area (Å²) < 4.78 is 29.1. The van der Waals surface area contributed by atoms with Crippen LogP contribution in [0.15, 0.2) is 276 Å². The monoisotopic (exact) mass is 1270 g/mol. The van der Waals surface area contributed by atoms with Gasteiger partial charge in [0, 0.05) is 58.4 Å². The quantitative estimate of drug-likeness (QED) is 0.120. The Morgan fingerprint density at radius 1 is 0.330 bits per heavy atom. The van der Waals surface area contributed by atoms with E-state index in [4.69, 9.17) is 39.7 Å². The zero-order valence-electron chi connectivity index (χ0n) is 51.6. The van der Waals surface area contributed by atoms with Crippen molar-refractivity contribution in [3.8, 4) is 56.2 Å². The Kier molecular flexibility index (Phi) is 14.1. The van der Waals surface area contributed by atoms with Crippen molar-refractivity contribution in [3.05, 3.63) is 272 Å². The highest BCUT2D eigenvalue weighted by atomic mass is 35.5. The summed E-state index contributed by atoms with van der Waals surface area (Å²) in [4.78, 5) is 19.4. The molecule has 7 heterocycles. The van der Waals surface area contributed by atoms with Crippen molar-refractivity contribution in [1.82, 2.24) is 19.9 Å². The number of rotatable bonds is 6. The van der Waals surface area contributed by atoms with Crippen LogP contribution in [0.1, 0.15) is 27.7 Å². The van der Waals surface area contributed by atoms with Gasteiger partial charge in [0.15, 0.2) is 5.82 Å². The van der Waals surface area contributed by atoms with E-state index in [0.29, 0.717) is 0 Å². The molecule has 12 heteroatoms. The summed E-state index contributed by atoms with van der Waals surface area (Å²) in [5.41, 5.74) is 15.4. The van der Waals surface area contributed by atoms with Gasteiger partial charge in [-0.15, -0.1) is 22.7 Å². The molecular formula is C82H56BClN4O4S2. The number of aromatic nitrogens is 4. The largest absolute Gasteiger partial charge is 0.494 e. The van der Waals surface area contributed by atoms with Crippen molar-refractivity contribution in [2.45, 2.75) is 38.9 Å². The van der Waals surface area contributed by atoms with Gasteiger partial charge in [0.1, 0.15) is 22.3 Å². The Labute approximate surface area is 554 Å². The SMILES string of the molecule is CC1(C)OB(c2ccc(-c3ccc4ccccc4c3)cc2)OC1(C)C.Clc1nc(-c2ccc3c(c2)oc2ccccc23)c2sc3ccccc3c2n1.c1ccc2cc(-c3ccc(-c4nc(-c5ccc6c(c5)oc5ccccc56)c5sc6ccccc6c5n4)cc3)ccc2c1. The predicted molar refractivity (Wildman–Crippen MR) is 394 cm³/mol. The van der Waals surface area contributed by atoms with E-state index >= 15 is 0 Å². The lowest BCUT2D eigenvalue weighted by Gasteiger charge is -2.32. The molecule has 18 aromatic rings. The van der Waals surface area contributed by atoms with Gasteiger partial charge in [-0.1, -0.05) is 206 Å². The third kappa shape index (κ3) is 10.3. The number of furan rings is 2. The molecule has 1 aliphatic rings. The van der Waals surface area contributed by atoms with Crippen LogP contribution in [-0.4, -0.2) is 38.3 Å². The van der Waals surface area contributed by atoms with E-state index in [0.717, 1.165) is 114 Å². The molecule has 0 saturated carbocycles. The van der Waals surface area contributed by atoms with Crippen LogP contribution in [0, 0.1) is 0 Å².